The number of benzene rings is 2. The number of carbonyl (C=O) groups excluding carboxylic acids is 1. The Kier molecular flexibility index (Phi) is 6.67. The van der Waals surface area contributed by atoms with Crippen LogP contribution in [0.2, 0.25) is 0 Å². The zero-order valence-electron chi connectivity index (χ0n) is 19.2. The van der Waals surface area contributed by atoms with Gasteiger partial charge in [-0.1, -0.05) is 18.2 Å². The van der Waals surface area contributed by atoms with Crippen molar-refractivity contribution in [1.82, 2.24) is 10.3 Å². The predicted molar refractivity (Wildman–Crippen MR) is 125 cm³/mol. The largest absolute Gasteiger partial charge is 0.573 e. The number of amides is 2. The molecule has 1 saturated heterocycles. The summed E-state index contributed by atoms with van der Waals surface area (Å²) >= 11 is 0. The highest BCUT2D eigenvalue weighted by molar-refractivity contribution is 7.91. The molecule has 1 atom stereocenters. The number of sulfone groups is 1. The average molecular weight is 511 g/mol. The minimum atomic E-state index is -4.85. The summed E-state index contributed by atoms with van der Waals surface area (Å²) in [4.78, 5) is 14.3. The number of hydrazone groups is 1. The maximum Gasteiger partial charge on any atom is 0.573 e. The van der Waals surface area contributed by atoms with Crippen LogP contribution < -0.4 is 15.0 Å². The fraction of sp³-hybridized carbons (Fsp3) is 0.391. The molecule has 2 amide bonds. The van der Waals surface area contributed by atoms with Gasteiger partial charge in [-0.05, 0) is 49.6 Å². The van der Waals surface area contributed by atoms with E-state index in [4.69, 9.17) is 0 Å². The quantitative estimate of drug-likeness (QED) is 0.683. The van der Waals surface area contributed by atoms with Gasteiger partial charge in [0.15, 0.2) is 9.84 Å². The average Bonchev–Trinajstić information content (AvgIpc) is 2.93. The normalized spacial score (nSPS) is 19.9. The standard InChI is InChI=1S/C23H25F3N4O4S/c1-15-12-17-6-9-19(34-23(24,25)26)13-20(17)21(28-30(15)22(31)27-2)16-4-7-18(8-5-16)29-10-3-11-35(32,33)14-29/h4-9,13,15H,3,10-12,14H2,1-2H3,(H,27,31). The van der Waals surface area contributed by atoms with Crippen LogP contribution in [0.4, 0.5) is 23.7 Å². The van der Waals surface area contributed by atoms with Crippen molar-refractivity contribution in [3.63, 3.8) is 0 Å². The van der Waals surface area contributed by atoms with Gasteiger partial charge >= 0.3 is 12.4 Å². The second-order valence-electron chi connectivity index (χ2n) is 8.51. The number of hydrogen-bond donors (Lipinski definition) is 1. The molecule has 0 bridgehead atoms. The zero-order chi connectivity index (χ0) is 25.4. The lowest BCUT2D eigenvalue weighted by molar-refractivity contribution is -0.274. The maximum absolute atomic E-state index is 12.9. The summed E-state index contributed by atoms with van der Waals surface area (Å²) in [6, 6.07) is 10.2. The predicted octanol–water partition coefficient (Wildman–Crippen LogP) is 3.51. The Morgan fingerprint density at radius 2 is 1.89 bits per heavy atom. The molecular formula is C23H25F3N4O4S. The Hall–Kier alpha value is -3.28. The highest BCUT2D eigenvalue weighted by Crippen LogP contribution is 2.31. The Balaban J connectivity index is 1.77. The molecule has 188 valence electrons. The number of rotatable bonds is 3. The van der Waals surface area contributed by atoms with Gasteiger partial charge in [-0.25, -0.2) is 18.2 Å². The van der Waals surface area contributed by atoms with E-state index in [1.807, 2.05) is 0 Å². The van der Waals surface area contributed by atoms with Gasteiger partial charge in [0.05, 0.1) is 17.5 Å². The van der Waals surface area contributed by atoms with Crippen LogP contribution in [0.25, 0.3) is 0 Å². The van der Waals surface area contributed by atoms with Gasteiger partial charge in [0, 0.05) is 30.4 Å². The van der Waals surface area contributed by atoms with E-state index in [1.54, 1.807) is 42.2 Å². The molecular weight excluding hydrogens is 485 g/mol. The third kappa shape index (κ3) is 5.69. The Bertz CT molecular complexity index is 1250. The number of carbonyl (C=O) groups is 1. The van der Waals surface area contributed by atoms with Gasteiger partial charge in [0.25, 0.3) is 0 Å². The van der Waals surface area contributed by atoms with Crippen molar-refractivity contribution >= 4 is 27.3 Å². The minimum Gasteiger partial charge on any atom is -0.406 e. The van der Waals surface area contributed by atoms with Crippen molar-refractivity contribution < 1.29 is 31.1 Å². The molecule has 12 heteroatoms. The Morgan fingerprint density at radius 1 is 1.17 bits per heavy atom. The van der Waals surface area contributed by atoms with Crippen LogP contribution in [0.3, 0.4) is 0 Å². The summed E-state index contributed by atoms with van der Waals surface area (Å²) in [5.74, 6) is -0.304. The smallest absolute Gasteiger partial charge is 0.406 e. The first kappa shape index (κ1) is 24.8. The zero-order valence-corrected chi connectivity index (χ0v) is 20.0. The number of halogens is 3. The number of fused-ring (bicyclic) bond motifs is 1. The molecule has 4 rings (SSSR count). The molecule has 2 aromatic rings. The second-order valence-corrected chi connectivity index (χ2v) is 10.7. The molecule has 0 saturated carbocycles. The lowest BCUT2D eigenvalue weighted by atomic mass is 9.94. The van der Waals surface area contributed by atoms with E-state index in [0.717, 1.165) is 0 Å². The molecule has 2 aliphatic rings. The molecule has 8 nitrogen and oxygen atoms in total. The minimum absolute atomic E-state index is 0.0732. The summed E-state index contributed by atoms with van der Waals surface area (Å²) in [5.41, 5.74) is 2.69. The van der Waals surface area contributed by atoms with Crippen LogP contribution in [-0.4, -0.2) is 62.8 Å². The van der Waals surface area contributed by atoms with Gasteiger partial charge in [-0.3, -0.25) is 0 Å². The lowest BCUT2D eigenvalue weighted by Crippen LogP contribution is -2.41. The van der Waals surface area contributed by atoms with Crippen molar-refractivity contribution in [2.45, 2.75) is 32.2 Å². The number of ether oxygens (including phenoxy) is 1. The maximum atomic E-state index is 12.9. The lowest BCUT2D eigenvalue weighted by Gasteiger charge is -2.28. The third-order valence-electron chi connectivity index (χ3n) is 5.87. The molecule has 35 heavy (non-hydrogen) atoms. The second kappa shape index (κ2) is 9.40. The molecule has 0 aromatic heterocycles. The van der Waals surface area contributed by atoms with Gasteiger partial charge in [0.1, 0.15) is 11.6 Å². The molecule has 0 spiro atoms. The summed E-state index contributed by atoms with van der Waals surface area (Å²) in [7, 11) is -1.68. The topological polar surface area (TPSA) is 91.3 Å². The summed E-state index contributed by atoms with van der Waals surface area (Å²) in [6.07, 6.45) is -3.95. The van der Waals surface area contributed by atoms with E-state index in [1.165, 1.54) is 24.2 Å². The molecule has 2 aromatic carbocycles. The van der Waals surface area contributed by atoms with E-state index in [2.05, 4.69) is 15.2 Å². The number of alkyl halides is 3. The van der Waals surface area contributed by atoms with Crippen molar-refractivity contribution in [1.29, 1.82) is 0 Å². The monoisotopic (exact) mass is 510 g/mol. The molecule has 1 N–H and O–H groups in total. The van der Waals surface area contributed by atoms with Crippen LogP contribution in [0.5, 0.6) is 5.75 Å². The number of hydrogen-bond acceptors (Lipinski definition) is 6. The Morgan fingerprint density at radius 3 is 2.51 bits per heavy atom. The highest BCUT2D eigenvalue weighted by atomic mass is 32.2. The highest BCUT2D eigenvalue weighted by Gasteiger charge is 2.33. The van der Waals surface area contributed by atoms with E-state index < -0.39 is 22.2 Å². The number of nitrogens with zero attached hydrogens (tertiary/aromatic N) is 3. The fourth-order valence-corrected chi connectivity index (χ4v) is 5.72. The summed E-state index contributed by atoms with van der Waals surface area (Å²) in [5, 5.41) is 8.34. The SMILES string of the molecule is CNC(=O)N1N=C(c2ccc(N3CCCS(=O)(=O)C3)cc2)c2cc(OC(F)(F)F)ccc2CC1C. The van der Waals surface area contributed by atoms with Crippen molar-refractivity contribution in [3.05, 3.63) is 59.2 Å². The first-order valence-corrected chi connectivity index (χ1v) is 12.8. The van der Waals surface area contributed by atoms with E-state index in [-0.39, 0.29) is 23.4 Å². The number of anilines is 1. The molecule has 2 heterocycles. The van der Waals surface area contributed by atoms with Crippen LogP contribution in [0.1, 0.15) is 30.0 Å². The van der Waals surface area contributed by atoms with Crippen molar-refractivity contribution in [2.75, 3.05) is 30.1 Å². The van der Waals surface area contributed by atoms with E-state index >= 15 is 0 Å². The van der Waals surface area contributed by atoms with Gasteiger partial charge in [-0.15, -0.1) is 13.2 Å². The van der Waals surface area contributed by atoms with Gasteiger partial charge in [-0.2, -0.15) is 5.10 Å². The molecule has 1 fully saturated rings. The van der Waals surface area contributed by atoms with E-state index in [9.17, 15) is 26.4 Å². The van der Waals surface area contributed by atoms with Gasteiger partial charge in [0.2, 0.25) is 0 Å². The van der Waals surface area contributed by atoms with E-state index in [0.29, 0.717) is 47.5 Å². The number of urea groups is 1. The van der Waals surface area contributed by atoms with Gasteiger partial charge < -0.3 is 15.0 Å². The Labute approximate surface area is 201 Å². The van der Waals surface area contributed by atoms with Crippen molar-refractivity contribution in [3.8, 4) is 5.75 Å². The summed E-state index contributed by atoms with van der Waals surface area (Å²) < 4.78 is 66.8. The first-order valence-electron chi connectivity index (χ1n) is 11.0. The van der Waals surface area contributed by atoms with Crippen LogP contribution in [-0.2, 0) is 16.3 Å². The first-order chi connectivity index (χ1) is 16.5. The summed E-state index contributed by atoms with van der Waals surface area (Å²) in [6.45, 7) is 2.40. The van der Waals surface area contributed by atoms with Crippen LogP contribution in [0.15, 0.2) is 47.6 Å². The fourth-order valence-electron chi connectivity index (χ4n) is 4.26. The third-order valence-corrected chi connectivity index (χ3v) is 7.49. The van der Waals surface area contributed by atoms with Crippen LogP contribution >= 0.6 is 0 Å². The van der Waals surface area contributed by atoms with Crippen LogP contribution in [0, 0.1) is 0 Å². The molecule has 0 aliphatic carbocycles. The molecule has 0 radical (unpaired) electrons. The molecule has 2 aliphatic heterocycles. The van der Waals surface area contributed by atoms with Crippen molar-refractivity contribution in [2.24, 2.45) is 5.10 Å². The molecule has 1 unspecified atom stereocenters. The number of nitrogens with one attached hydrogen (secondary N) is 1.